The summed E-state index contributed by atoms with van der Waals surface area (Å²) in [5.74, 6) is 0.0680. The van der Waals surface area contributed by atoms with Gasteiger partial charge in [0.25, 0.3) is 0 Å². The Bertz CT molecular complexity index is 503. The van der Waals surface area contributed by atoms with Gasteiger partial charge in [0.05, 0.1) is 12.8 Å². The monoisotopic (exact) mass is 281 g/mol. The number of nitriles is 1. The van der Waals surface area contributed by atoms with E-state index in [9.17, 15) is 4.79 Å². The molecule has 6 heteroatoms. The van der Waals surface area contributed by atoms with Gasteiger partial charge in [-0.3, -0.25) is 0 Å². The van der Waals surface area contributed by atoms with Crippen LogP contribution in [0.3, 0.4) is 0 Å². The molecule has 19 heavy (non-hydrogen) atoms. The van der Waals surface area contributed by atoms with E-state index in [4.69, 9.17) is 15.7 Å². The Morgan fingerprint density at radius 2 is 2.21 bits per heavy atom. The van der Waals surface area contributed by atoms with Crippen molar-refractivity contribution < 1.29 is 9.53 Å². The number of carbonyl (C=O) groups excluding carboxylic acids is 1. The minimum atomic E-state index is -0.498. The minimum absolute atomic E-state index is 0.214. The fourth-order valence-electron chi connectivity index (χ4n) is 1.64. The summed E-state index contributed by atoms with van der Waals surface area (Å²) in [6.07, 6.45) is 0.997. The molecule has 0 radical (unpaired) electrons. The highest BCUT2D eigenvalue weighted by Crippen LogP contribution is 2.37. The van der Waals surface area contributed by atoms with Crippen molar-refractivity contribution in [1.29, 1.82) is 5.26 Å². The Hall–Kier alpha value is -1.74. The van der Waals surface area contributed by atoms with Crippen molar-refractivity contribution in [3.8, 4) is 6.07 Å². The van der Waals surface area contributed by atoms with Crippen LogP contribution in [0.1, 0.15) is 35.5 Å². The van der Waals surface area contributed by atoms with Gasteiger partial charge in [0.15, 0.2) is 0 Å². The quantitative estimate of drug-likeness (QED) is 0.839. The minimum Gasteiger partial charge on any atom is -0.465 e. The van der Waals surface area contributed by atoms with Gasteiger partial charge in [-0.05, 0) is 12.3 Å². The summed E-state index contributed by atoms with van der Waals surface area (Å²) in [7, 11) is 3.20. The number of hydrogen-bond donors (Lipinski definition) is 1. The summed E-state index contributed by atoms with van der Waals surface area (Å²) in [4.78, 5) is 14.1. The van der Waals surface area contributed by atoms with Gasteiger partial charge in [0.1, 0.15) is 21.5 Å². The van der Waals surface area contributed by atoms with E-state index in [0.717, 1.165) is 13.0 Å². The number of rotatable bonds is 5. The van der Waals surface area contributed by atoms with Crippen molar-refractivity contribution >= 4 is 28.0 Å². The number of thiophene rings is 1. The van der Waals surface area contributed by atoms with Crippen molar-refractivity contribution in [2.75, 3.05) is 31.3 Å². The molecule has 5 nitrogen and oxygen atoms in total. The van der Waals surface area contributed by atoms with Crippen LogP contribution in [0, 0.1) is 17.2 Å². The molecule has 0 aromatic carbocycles. The van der Waals surface area contributed by atoms with Crippen LogP contribution in [0.5, 0.6) is 0 Å². The topological polar surface area (TPSA) is 79.3 Å². The molecule has 0 aliphatic rings. The average molecular weight is 281 g/mol. The van der Waals surface area contributed by atoms with Gasteiger partial charge < -0.3 is 15.4 Å². The second-order valence-electron chi connectivity index (χ2n) is 4.73. The average Bonchev–Trinajstić information content (AvgIpc) is 2.72. The van der Waals surface area contributed by atoms with Crippen molar-refractivity contribution in [3.63, 3.8) is 0 Å². The molecule has 0 aliphatic carbocycles. The smallest absolute Gasteiger partial charge is 0.343 e. The van der Waals surface area contributed by atoms with E-state index in [-0.39, 0.29) is 5.69 Å². The predicted molar refractivity (Wildman–Crippen MR) is 77.5 cm³/mol. The molecular weight excluding hydrogens is 262 g/mol. The van der Waals surface area contributed by atoms with Crippen molar-refractivity contribution in [3.05, 3.63) is 10.4 Å². The first-order valence-corrected chi connectivity index (χ1v) is 6.85. The van der Waals surface area contributed by atoms with Gasteiger partial charge in [-0.1, -0.05) is 13.8 Å². The van der Waals surface area contributed by atoms with Gasteiger partial charge in [-0.2, -0.15) is 5.26 Å². The number of methoxy groups -OCH3 is 1. The second kappa shape index (κ2) is 6.43. The molecule has 0 aliphatic heterocycles. The van der Waals surface area contributed by atoms with Gasteiger partial charge in [0.2, 0.25) is 0 Å². The summed E-state index contributed by atoms with van der Waals surface area (Å²) in [6.45, 7) is 5.07. The Morgan fingerprint density at radius 3 is 2.68 bits per heavy atom. The lowest BCUT2D eigenvalue weighted by atomic mass is 10.1. The standard InChI is InChI=1S/C13H19N3O2S/c1-8(2)5-6-16(3)12-10(13(17)18-4)11(15)9(7-14)19-12/h8H,5-6,15H2,1-4H3. The Balaban J connectivity index is 3.12. The van der Waals surface area contributed by atoms with Crippen molar-refractivity contribution in [2.24, 2.45) is 5.92 Å². The number of nitrogen functional groups attached to an aromatic ring is 1. The number of esters is 1. The molecule has 1 aromatic heterocycles. The van der Waals surface area contributed by atoms with Gasteiger partial charge in [0, 0.05) is 13.6 Å². The molecule has 0 amide bonds. The molecule has 2 N–H and O–H groups in total. The normalized spacial score (nSPS) is 10.3. The molecule has 0 atom stereocenters. The first kappa shape index (κ1) is 15.3. The van der Waals surface area contributed by atoms with E-state index in [1.54, 1.807) is 0 Å². The summed E-state index contributed by atoms with van der Waals surface area (Å²) in [5.41, 5.74) is 6.36. The number of carbonyl (C=O) groups is 1. The molecule has 0 unspecified atom stereocenters. The molecule has 0 saturated carbocycles. The predicted octanol–water partition coefficient (Wildman–Crippen LogP) is 2.47. The zero-order valence-electron chi connectivity index (χ0n) is 11.7. The third kappa shape index (κ3) is 3.38. The fraction of sp³-hybridized carbons (Fsp3) is 0.538. The fourth-order valence-corrected chi connectivity index (χ4v) is 2.63. The van der Waals surface area contributed by atoms with Gasteiger partial charge >= 0.3 is 5.97 Å². The lowest BCUT2D eigenvalue weighted by Crippen LogP contribution is -2.21. The SMILES string of the molecule is COC(=O)c1c(N(C)CCC(C)C)sc(C#N)c1N. The summed E-state index contributed by atoms with van der Waals surface area (Å²) in [6, 6.07) is 2.01. The Labute approximate surface area is 117 Å². The van der Waals surface area contributed by atoms with Crippen LogP contribution >= 0.6 is 11.3 Å². The highest BCUT2D eigenvalue weighted by Gasteiger charge is 2.24. The van der Waals surface area contributed by atoms with Crippen LogP contribution < -0.4 is 10.6 Å². The first-order chi connectivity index (χ1) is 8.92. The van der Waals surface area contributed by atoms with Crippen LogP contribution in [0.2, 0.25) is 0 Å². The van der Waals surface area contributed by atoms with Crippen LogP contribution in [0.25, 0.3) is 0 Å². The lowest BCUT2D eigenvalue weighted by molar-refractivity contribution is 0.0603. The summed E-state index contributed by atoms with van der Waals surface area (Å²) >= 11 is 1.23. The number of ether oxygens (including phenoxy) is 1. The van der Waals surface area contributed by atoms with Crippen molar-refractivity contribution in [1.82, 2.24) is 0 Å². The van der Waals surface area contributed by atoms with Crippen LogP contribution in [0.4, 0.5) is 10.7 Å². The van der Waals surface area contributed by atoms with E-state index >= 15 is 0 Å². The molecule has 0 fully saturated rings. The second-order valence-corrected chi connectivity index (χ2v) is 5.73. The summed E-state index contributed by atoms with van der Waals surface area (Å²) in [5, 5.41) is 9.72. The van der Waals surface area contributed by atoms with E-state index < -0.39 is 5.97 Å². The number of nitrogens with zero attached hydrogens (tertiary/aromatic N) is 2. The maximum atomic E-state index is 11.8. The third-order valence-corrected chi connectivity index (χ3v) is 4.03. The van der Waals surface area contributed by atoms with Crippen LogP contribution in [-0.4, -0.2) is 26.7 Å². The molecule has 1 aromatic rings. The Kier molecular flexibility index (Phi) is 5.19. The number of hydrogen-bond acceptors (Lipinski definition) is 6. The zero-order valence-corrected chi connectivity index (χ0v) is 12.5. The molecular formula is C13H19N3O2S. The molecule has 1 rings (SSSR count). The summed E-state index contributed by atoms with van der Waals surface area (Å²) < 4.78 is 4.74. The third-order valence-electron chi connectivity index (χ3n) is 2.81. The van der Waals surface area contributed by atoms with E-state index in [2.05, 4.69) is 13.8 Å². The van der Waals surface area contributed by atoms with Crippen LogP contribution in [-0.2, 0) is 4.74 Å². The lowest BCUT2D eigenvalue weighted by Gasteiger charge is -2.19. The van der Waals surface area contributed by atoms with E-state index in [1.807, 2.05) is 18.0 Å². The van der Waals surface area contributed by atoms with Gasteiger partial charge in [-0.25, -0.2) is 4.79 Å². The molecule has 0 bridgehead atoms. The van der Waals surface area contributed by atoms with E-state index in [1.165, 1.54) is 18.4 Å². The highest BCUT2D eigenvalue weighted by atomic mass is 32.1. The first-order valence-electron chi connectivity index (χ1n) is 6.04. The number of nitrogens with two attached hydrogens (primary N) is 1. The molecule has 0 saturated heterocycles. The van der Waals surface area contributed by atoms with E-state index in [0.29, 0.717) is 21.4 Å². The van der Waals surface area contributed by atoms with Crippen LogP contribution in [0.15, 0.2) is 0 Å². The number of anilines is 2. The largest absolute Gasteiger partial charge is 0.465 e. The molecule has 104 valence electrons. The zero-order chi connectivity index (χ0) is 14.6. The molecule has 1 heterocycles. The Morgan fingerprint density at radius 1 is 1.58 bits per heavy atom. The van der Waals surface area contributed by atoms with Gasteiger partial charge in [-0.15, -0.1) is 11.3 Å². The molecule has 0 spiro atoms. The maximum absolute atomic E-state index is 11.8. The van der Waals surface area contributed by atoms with Crippen molar-refractivity contribution in [2.45, 2.75) is 20.3 Å². The maximum Gasteiger partial charge on any atom is 0.343 e. The highest BCUT2D eigenvalue weighted by molar-refractivity contribution is 7.17.